The van der Waals surface area contributed by atoms with Gasteiger partial charge >= 0.3 is 5.97 Å². The smallest absolute Gasteiger partial charge is 0.342 e. The van der Waals surface area contributed by atoms with Gasteiger partial charge in [0.15, 0.2) is 11.5 Å². The molecule has 6 heteroatoms. The lowest BCUT2D eigenvalue weighted by molar-refractivity contribution is 0.0598. The maximum absolute atomic E-state index is 12.3. The van der Waals surface area contributed by atoms with Crippen molar-refractivity contribution >= 4 is 5.97 Å². The monoisotopic (exact) mass is 360 g/mol. The van der Waals surface area contributed by atoms with Gasteiger partial charge in [-0.15, -0.1) is 0 Å². The van der Waals surface area contributed by atoms with Crippen LogP contribution in [0.5, 0.6) is 17.2 Å². The molecule has 0 aliphatic carbocycles. The molecule has 140 valence electrons. The number of phenolic OH excluding ortho intramolecular Hbond substituents is 1. The van der Waals surface area contributed by atoms with E-state index in [1.165, 1.54) is 7.11 Å². The Hall–Kier alpha value is -2.73. The molecule has 0 saturated heterocycles. The predicted octanol–water partition coefficient (Wildman–Crippen LogP) is 3.18. The lowest BCUT2D eigenvalue weighted by Crippen LogP contribution is -2.07. The zero-order chi connectivity index (χ0) is 19.1. The van der Waals surface area contributed by atoms with Crippen LogP contribution in [0.4, 0.5) is 0 Å². The Kier molecular flexibility index (Phi) is 6.86. The molecule has 2 aromatic carbocycles. The summed E-state index contributed by atoms with van der Waals surface area (Å²) < 4.78 is 16.0. The first-order valence-electron chi connectivity index (χ1n) is 8.51. The minimum atomic E-state index is -0.649. The standard InChI is InChI=1S/C20H24O6/c1-4-25-16-9-7-14(12-17(16)26-5-2)15-8-6-13(10-11-21)19(22)18(15)20(23)24-3/h6-9,12,21-22H,4-5,10-11H2,1-3H3. The van der Waals surface area contributed by atoms with Crippen LogP contribution < -0.4 is 9.47 Å². The normalized spacial score (nSPS) is 10.5. The van der Waals surface area contributed by atoms with E-state index in [1.54, 1.807) is 30.3 Å². The fraction of sp³-hybridized carbons (Fsp3) is 0.350. The van der Waals surface area contributed by atoms with Crippen LogP contribution in [0.25, 0.3) is 11.1 Å². The van der Waals surface area contributed by atoms with Gasteiger partial charge in [-0.1, -0.05) is 18.2 Å². The number of rotatable bonds is 8. The van der Waals surface area contributed by atoms with Crippen molar-refractivity contribution in [1.82, 2.24) is 0 Å². The zero-order valence-electron chi connectivity index (χ0n) is 15.2. The molecule has 0 saturated carbocycles. The molecule has 0 amide bonds. The zero-order valence-corrected chi connectivity index (χ0v) is 15.2. The summed E-state index contributed by atoms with van der Waals surface area (Å²) in [7, 11) is 1.26. The Balaban J connectivity index is 2.61. The summed E-state index contributed by atoms with van der Waals surface area (Å²) in [5, 5.41) is 19.6. The van der Waals surface area contributed by atoms with Crippen molar-refractivity contribution < 1.29 is 29.2 Å². The van der Waals surface area contributed by atoms with E-state index in [0.717, 1.165) is 0 Å². The Morgan fingerprint density at radius 1 is 1.04 bits per heavy atom. The van der Waals surface area contributed by atoms with Gasteiger partial charge in [0.1, 0.15) is 11.3 Å². The quantitative estimate of drug-likeness (QED) is 0.703. The molecule has 2 aromatic rings. The molecule has 0 aliphatic heterocycles. The van der Waals surface area contributed by atoms with E-state index in [9.17, 15) is 9.90 Å². The van der Waals surface area contributed by atoms with Gasteiger partial charge in [0, 0.05) is 12.2 Å². The number of phenols is 1. The van der Waals surface area contributed by atoms with Crippen molar-refractivity contribution in [3.8, 4) is 28.4 Å². The highest BCUT2D eigenvalue weighted by Gasteiger charge is 2.22. The van der Waals surface area contributed by atoms with Crippen molar-refractivity contribution in [2.45, 2.75) is 20.3 Å². The lowest BCUT2D eigenvalue weighted by Gasteiger charge is -2.16. The Morgan fingerprint density at radius 3 is 2.35 bits per heavy atom. The first-order valence-corrected chi connectivity index (χ1v) is 8.51. The lowest BCUT2D eigenvalue weighted by atomic mass is 9.95. The second kappa shape index (κ2) is 9.10. The number of methoxy groups -OCH3 is 1. The third-order valence-corrected chi connectivity index (χ3v) is 3.89. The summed E-state index contributed by atoms with van der Waals surface area (Å²) in [5.41, 5.74) is 1.74. The Morgan fingerprint density at radius 2 is 1.73 bits per heavy atom. The molecule has 0 atom stereocenters. The van der Waals surface area contributed by atoms with E-state index in [2.05, 4.69) is 0 Å². The van der Waals surface area contributed by atoms with Crippen molar-refractivity contribution in [3.63, 3.8) is 0 Å². The van der Waals surface area contributed by atoms with Crippen molar-refractivity contribution in [2.75, 3.05) is 26.9 Å². The largest absolute Gasteiger partial charge is 0.507 e. The van der Waals surface area contributed by atoms with E-state index >= 15 is 0 Å². The second-order valence-corrected chi connectivity index (χ2v) is 5.49. The predicted molar refractivity (Wildman–Crippen MR) is 98.0 cm³/mol. The van der Waals surface area contributed by atoms with Crippen molar-refractivity contribution in [2.24, 2.45) is 0 Å². The molecule has 2 rings (SSSR count). The molecule has 0 heterocycles. The van der Waals surface area contributed by atoms with Gasteiger partial charge in [0.05, 0.1) is 20.3 Å². The maximum Gasteiger partial charge on any atom is 0.342 e. The number of esters is 1. The average molecular weight is 360 g/mol. The average Bonchev–Trinajstić information content (AvgIpc) is 2.64. The van der Waals surface area contributed by atoms with Gasteiger partial charge in [-0.3, -0.25) is 0 Å². The molecule has 0 radical (unpaired) electrons. The number of aliphatic hydroxyl groups is 1. The number of hydrogen-bond donors (Lipinski definition) is 2. The molecule has 0 bridgehead atoms. The van der Waals surface area contributed by atoms with E-state index in [0.29, 0.717) is 41.4 Å². The molecule has 26 heavy (non-hydrogen) atoms. The minimum Gasteiger partial charge on any atom is -0.507 e. The number of carbonyl (C=O) groups is 1. The third-order valence-electron chi connectivity index (χ3n) is 3.89. The van der Waals surface area contributed by atoms with Gasteiger partial charge in [-0.25, -0.2) is 4.79 Å². The topological polar surface area (TPSA) is 85.2 Å². The van der Waals surface area contributed by atoms with Crippen LogP contribution in [0, 0.1) is 0 Å². The number of hydrogen-bond acceptors (Lipinski definition) is 6. The van der Waals surface area contributed by atoms with Gasteiger partial charge in [0.25, 0.3) is 0 Å². The van der Waals surface area contributed by atoms with Crippen LogP contribution in [-0.4, -0.2) is 43.1 Å². The number of carbonyl (C=O) groups excluding carboxylic acids is 1. The Bertz CT molecular complexity index is 769. The molecule has 0 spiro atoms. The van der Waals surface area contributed by atoms with E-state index in [4.69, 9.17) is 19.3 Å². The summed E-state index contributed by atoms with van der Waals surface area (Å²) in [6.45, 7) is 4.59. The Labute approximate surface area is 152 Å². The first kappa shape index (κ1) is 19.6. The molecule has 0 aromatic heterocycles. The van der Waals surface area contributed by atoms with Crippen molar-refractivity contribution in [1.29, 1.82) is 0 Å². The van der Waals surface area contributed by atoms with Crippen LogP contribution in [0.15, 0.2) is 30.3 Å². The summed E-state index contributed by atoms with van der Waals surface area (Å²) in [6, 6.07) is 8.73. The molecule has 0 aliphatic rings. The highest BCUT2D eigenvalue weighted by atomic mass is 16.5. The van der Waals surface area contributed by atoms with Crippen molar-refractivity contribution in [3.05, 3.63) is 41.5 Å². The number of aliphatic hydroxyl groups excluding tert-OH is 1. The van der Waals surface area contributed by atoms with E-state index in [-0.39, 0.29) is 24.3 Å². The fourth-order valence-electron chi connectivity index (χ4n) is 2.72. The van der Waals surface area contributed by atoms with Gasteiger partial charge in [-0.2, -0.15) is 0 Å². The third kappa shape index (κ3) is 4.08. The second-order valence-electron chi connectivity index (χ2n) is 5.49. The fourth-order valence-corrected chi connectivity index (χ4v) is 2.72. The first-order chi connectivity index (χ1) is 12.6. The molecule has 2 N–H and O–H groups in total. The van der Waals surface area contributed by atoms with Gasteiger partial charge < -0.3 is 24.4 Å². The number of benzene rings is 2. The van der Waals surface area contributed by atoms with Crippen LogP contribution in [-0.2, 0) is 11.2 Å². The SMILES string of the molecule is CCOc1ccc(-c2ccc(CCO)c(O)c2C(=O)OC)cc1OCC. The van der Waals surface area contributed by atoms with Crippen LogP contribution in [0.2, 0.25) is 0 Å². The summed E-state index contributed by atoms with van der Waals surface area (Å²) in [4.78, 5) is 12.3. The molecular formula is C20H24O6. The van der Waals surface area contributed by atoms with Gasteiger partial charge in [0.2, 0.25) is 0 Å². The van der Waals surface area contributed by atoms with E-state index < -0.39 is 5.97 Å². The van der Waals surface area contributed by atoms with Crippen LogP contribution >= 0.6 is 0 Å². The number of ether oxygens (including phenoxy) is 3. The number of aromatic hydroxyl groups is 1. The van der Waals surface area contributed by atoms with Crippen LogP contribution in [0.3, 0.4) is 0 Å². The summed E-state index contributed by atoms with van der Waals surface area (Å²) in [6.07, 6.45) is 0.240. The molecule has 6 nitrogen and oxygen atoms in total. The highest BCUT2D eigenvalue weighted by molar-refractivity contribution is 6.00. The molecular weight excluding hydrogens is 336 g/mol. The maximum atomic E-state index is 12.3. The van der Waals surface area contributed by atoms with E-state index in [1.807, 2.05) is 13.8 Å². The molecule has 0 unspecified atom stereocenters. The summed E-state index contributed by atoms with van der Waals surface area (Å²) in [5.74, 6) is 0.333. The molecule has 0 fully saturated rings. The highest BCUT2D eigenvalue weighted by Crippen LogP contribution is 2.38. The minimum absolute atomic E-state index is 0.0602. The van der Waals surface area contributed by atoms with Crippen LogP contribution in [0.1, 0.15) is 29.8 Å². The van der Waals surface area contributed by atoms with Gasteiger partial charge in [-0.05, 0) is 43.5 Å². The summed E-state index contributed by atoms with van der Waals surface area (Å²) >= 11 is 0.